The molecule has 122 valence electrons. The van der Waals surface area contributed by atoms with E-state index in [0.717, 1.165) is 11.1 Å². The van der Waals surface area contributed by atoms with Crippen LogP contribution in [0.3, 0.4) is 0 Å². The molecule has 3 aromatic rings. The number of thiocarbonyl (C=S) groups is 1. The van der Waals surface area contributed by atoms with Gasteiger partial charge in [0.2, 0.25) is 11.0 Å². The summed E-state index contributed by atoms with van der Waals surface area (Å²) < 4.78 is 15.3. The van der Waals surface area contributed by atoms with Crippen LogP contribution in [0.5, 0.6) is 5.88 Å². The first kappa shape index (κ1) is 16.1. The van der Waals surface area contributed by atoms with E-state index in [9.17, 15) is 9.50 Å². The van der Waals surface area contributed by atoms with Crippen molar-refractivity contribution in [2.45, 2.75) is 13.5 Å². The van der Waals surface area contributed by atoms with E-state index in [-0.39, 0.29) is 16.7 Å². The van der Waals surface area contributed by atoms with Gasteiger partial charge in [0.1, 0.15) is 5.82 Å². The van der Waals surface area contributed by atoms with Gasteiger partial charge in [-0.25, -0.2) is 4.39 Å². The van der Waals surface area contributed by atoms with Gasteiger partial charge in [-0.1, -0.05) is 29.8 Å². The topological polar surface area (TPSA) is 75.9 Å². The third kappa shape index (κ3) is 3.11. The number of azo groups is 1. The van der Waals surface area contributed by atoms with E-state index < -0.39 is 5.82 Å². The van der Waals surface area contributed by atoms with Gasteiger partial charge in [0.15, 0.2) is 5.69 Å². The molecule has 3 N–H and O–H groups in total. The van der Waals surface area contributed by atoms with Gasteiger partial charge in [0, 0.05) is 5.39 Å². The zero-order valence-corrected chi connectivity index (χ0v) is 13.7. The van der Waals surface area contributed by atoms with Crippen molar-refractivity contribution in [3.05, 3.63) is 59.4 Å². The molecule has 2 aromatic carbocycles. The third-order valence-electron chi connectivity index (χ3n) is 3.68. The predicted molar refractivity (Wildman–Crippen MR) is 95.1 cm³/mol. The van der Waals surface area contributed by atoms with E-state index >= 15 is 0 Å². The monoisotopic (exact) mass is 342 g/mol. The second-order valence-electron chi connectivity index (χ2n) is 5.44. The average molecular weight is 342 g/mol. The van der Waals surface area contributed by atoms with Crippen LogP contribution in [0, 0.1) is 12.7 Å². The van der Waals surface area contributed by atoms with Gasteiger partial charge in [-0.15, -0.1) is 10.2 Å². The molecular formula is C17H15FN4OS. The molecule has 0 spiro atoms. The van der Waals surface area contributed by atoms with Gasteiger partial charge in [0.05, 0.1) is 12.1 Å². The van der Waals surface area contributed by atoms with Crippen molar-refractivity contribution in [2.75, 3.05) is 0 Å². The van der Waals surface area contributed by atoms with Gasteiger partial charge in [0.25, 0.3) is 0 Å². The Morgan fingerprint density at radius 1 is 1.25 bits per heavy atom. The normalized spacial score (nSPS) is 11.4. The van der Waals surface area contributed by atoms with Crippen LogP contribution >= 0.6 is 12.2 Å². The standard InChI is InChI=1S/C17H15FN4OS/c1-10-2-4-11(5-3-10)9-22-14-7-6-12(18)8-13(14)15(16(22)23)20-21-17(19)24/h2-8,23H,9H2,1H3,(H2,19,24). The number of aromatic hydroxyl groups is 1. The highest BCUT2D eigenvalue weighted by atomic mass is 32.1. The molecule has 0 saturated carbocycles. The number of aromatic nitrogens is 1. The summed E-state index contributed by atoms with van der Waals surface area (Å²) in [7, 11) is 0. The summed E-state index contributed by atoms with van der Waals surface area (Å²) in [6.07, 6.45) is 0. The molecule has 0 bridgehead atoms. The molecule has 1 heterocycles. The van der Waals surface area contributed by atoms with E-state index in [0.29, 0.717) is 17.4 Å². The van der Waals surface area contributed by atoms with Crippen molar-refractivity contribution in [1.82, 2.24) is 4.57 Å². The molecule has 0 aliphatic carbocycles. The molecule has 0 aliphatic rings. The van der Waals surface area contributed by atoms with E-state index in [2.05, 4.69) is 22.4 Å². The molecule has 7 heteroatoms. The Hall–Kier alpha value is -2.80. The highest BCUT2D eigenvalue weighted by Crippen LogP contribution is 2.39. The lowest BCUT2D eigenvalue weighted by Crippen LogP contribution is -2.01. The molecule has 0 fully saturated rings. The van der Waals surface area contributed by atoms with Crippen LogP contribution in [0.1, 0.15) is 11.1 Å². The minimum atomic E-state index is -0.429. The number of hydrogen-bond acceptors (Lipinski definition) is 3. The number of aryl methyl sites for hydroxylation is 1. The number of nitrogens with two attached hydrogens (primary N) is 1. The molecule has 1 aromatic heterocycles. The minimum Gasteiger partial charge on any atom is -0.493 e. The first-order valence-electron chi connectivity index (χ1n) is 7.23. The lowest BCUT2D eigenvalue weighted by Gasteiger charge is -2.07. The van der Waals surface area contributed by atoms with Crippen LogP contribution in [0.25, 0.3) is 10.9 Å². The van der Waals surface area contributed by atoms with Crippen LogP contribution in [0.4, 0.5) is 10.1 Å². The van der Waals surface area contributed by atoms with Crippen molar-refractivity contribution >= 4 is 33.9 Å². The summed E-state index contributed by atoms with van der Waals surface area (Å²) in [6, 6.07) is 12.2. The highest BCUT2D eigenvalue weighted by molar-refractivity contribution is 7.80. The Morgan fingerprint density at radius 3 is 2.62 bits per heavy atom. The smallest absolute Gasteiger partial charge is 0.221 e. The van der Waals surface area contributed by atoms with Crippen LogP contribution in [0.15, 0.2) is 52.7 Å². The summed E-state index contributed by atoms with van der Waals surface area (Å²) in [6.45, 7) is 2.42. The first-order chi connectivity index (χ1) is 11.5. The lowest BCUT2D eigenvalue weighted by atomic mass is 10.1. The highest BCUT2D eigenvalue weighted by Gasteiger charge is 2.17. The van der Waals surface area contributed by atoms with E-state index in [1.165, 1.54) is 12.1 Å². The van der Waals surface area contributed by atoms with Crippen molar-refractivity contribution < 1.29 is 9.50 Å². The molecule has 0 atom stereocenters. The zero-order valence-electron chi connectivity index (χ0n) is 12.9. The van der Waals surface area contributed by atoms with Crippen molar-refractivity contribution in [3.8, 4) is 5.88 Å². The van der Waals surface area contributed by atoms with Crippen molar-refractivity contribution in [2.24, 2.45) is 16.0 Å². The Labute approximate surface area is 143 Å². The number of benzene rings is 2. The maximum Gasteiger partial charge on any atom is 0.221 e. The van der Waals surface area contributed by atoms with Crippen molar-refractivity contribution in [3.63, 3.8) is 0 Å². The van der Waals surface area contributed by atoms with Crippen LogP contribution in [0.2, 0.25) is 0 Å². The number of nitrogens with zero attached hydrogens (tertiary/aromatic N) is 3. The van der Waals surface area contributed by atoms with Gasteiger partial charge in [-0.2, -0.15) is 0 Å². The molecule has 0 radical (unpaired) electrons. The van der Waals surface area contributed by atoms with Gasteiger partial charge < -0.3 is 15.4 Å². The minimum absolute atomic E-state index is 0.115. The average Bonchev–Trinajstić information content (AvgIpc) is 2.79. The number of rotatable bonds is 3. The molecule has 24 heavy (non-hydrogen) atoms. The Kier molecular flexibility index (Phi) is 4.26. The van der Waals surface area contributed by atoms with Gasteiger partial charge in [-0.05, 0) is 42.9 Å². The fourth-order valence-electron chi connectivity index (χ4n) is 2.53. The summed E-state index contributed by atoms with van der Waals surface area (Å²) in [5.74, 6) is -0.544. The molecule has 0 saturated heterocycles. The fourth-order valence-corrected chi connectivity index (χ4v) is 2.57. The summed E-state index contributed by atoms with van der Waals surface area (Å²) >= 11 is 4.67. The lowest BCUT2D eigenvalue weighted by molar-refractivity contribution is 0.429. The Balaban J connectivity index is 2.15. The number of fused-ring (bicyclic) bond motifs is 1. The van der Waals surface area contributed by atoms with Crippen molar-refractivity contribution in [1.29, 1.82) is 0 Å². The largest absolute Gasteiger partial charge is 0.493 e. The van der Waals surface area contributed by atoms with Crippen LogP contribution in [-0.4, -0.2) is 14.8 Å². The van der Waals surface area contributed by atoms with Gasteiger partial charge in [-0.3, -0.25) is 0 Å². The predicted octanol–water partition coefficient (Wildman–Crippen LogP) is 4.17. The summed E-state index contributed by atoms with van der Waals surface area (Å²) in [5, 5.41) is 18.3. The Bertz CT molecular complexity index is 947. The summed E-state index contributed by atoms with van der Waals surface area (Å²) in [5.41, 5.74) is 8.25. The van der Waals surface area contributed by atoms with E-state index in [1.54, 1.807) is 10.6 Å². The molecular weight excluding hydrogens is 327 g/mol. The molecule has 5 nitrogen and oxygen atoms in total. The number of hydrogen-bond donors (Lipinski definition) is 2. The molecule has 3 rings (SSSR count). The SMILES string of the molecule is Cc1ccc(Cn2c(O)c(N=NC(N)=S)c3cc(F)ccc32)cc1. The molecule has 0 aliphatic heterocycles. The van der Waals surface area contributed by atoms with E-state index in [4.69, 9.17) is 5.73 Å². The zero-order chi connectivity index (χ0) is 17.3. The maximum absolute atomic E-state index is 13.6. The second kappa shape index (κ2) is 6.37. The maximum atomic E-state index is 13.6. The molecule has 0 amide bonds. The first-order valence-corrected chi connectivity index (χ1v) is 7.64. The Morgan fingerprint density at radius 2 is 1.96 bits per heavy atom. The van der Waals surface area contributed by atoms with Crippen LogP contribution < -0.4 is 5.73 Å². The van der Waals surface area contributed by atoms with E-state index in [1.807, 2.05) is 31.2 Å². The van der Waals surface area contributed by atoms with Gasteiger partial charge >= 0.3 is 0 Å². The quantitative estimate of drug-likeness (QED) is 0.554. The number of halogens is 1. The fraction of sp³-hybridized carbons (Fsp3) is 0.118. The second-order valence-corrected chi connectivity index (χ2v) is 5.86. The molecule has 0 unspecified atom stereocenters. The third-order valence-corrected chi connectivity index (χ3v) is 3.76. The van der Waals surface area contributed by atoms with Crippen LogP contribution in [-0.2, 0) is 6.54 Å². The summed E-state index contributed by atoms with van der Waals surface area (Å²) in [4.78, 5) is 0.